The highest BCUT2D eigenvalue weighted by Crippen LogP contribution is 2.02. The number of anilines is 1. The zero-order valence-corrected chi connectivity index (χ0v) is 10.4. The third-order valence-corrected chi connectivity index (χ3v) is 2.39. The second-order valence-electron chi connectivity index (χ2n) is 3.88. The molecule has 0 spiro atoms. The minimum absolute atomic E-state index is 0.0719. The van der Waals surface area contributed by atoms with Crippen molar-refractivity contribution in [2.24, 2.45) is 0 Å². The average molecular weight is 255 g/mol. The van der Waals surface area contributed by atoms with Crippen LogP contribution in [0.3, 0.4) is 0 Å². The van der Waals surface area contributed by atoms with Crippen molar-refractivity contribution in [3.05, 3.63) is 5.69 Å². The lowest BCUT2D eigenvalue weighted by Gasteiger charge is -2.11. The lowest BCUT2D eigenvalue weighted by atomic mass is 10.2. The molecule has 1 rings (SSSR count). The van der Waals surface area contributed by atoms with E-state index in [0.717, 1.165) is 6.42 Å². The molecule has 0 aliphatic rings. The van der Waals surface area contributed by atoms with Gasteiger partial charge in [0.15, 0.2) is 0 Å². The molecule has 1 unspecified atom stereocenters. The molecule has 0 saturated carbocycles. The first-order chi connectivity index (χ1) is 8.54. The van der Waals surface area contributed by atoms with Gasteiger partial charge in [0.05, 0.1) is 0 Å². The van der Waals surface area contributed by atoms with Gasteiger partial charge in [0.2, 0.25) is 17.4 Å². The van der Waals surface area contributed by atoms with Crippen LogP contribution >= 0.6 is 0 Å². The van der Waals surface area contributed by atoms with E-state index in [9.17, 15) is 9.59 Å². The molecular weight excluding hydrogens is 238 g/mol. The van der Waals surface area contributed by atoms with Gasteiger partial charge in [-0.15, -0.1) is 0 Å². The molecule has 1 aromatic rings. The van der Waals surface area contributed by atoms with Crippen molar-refractivity contribution in [2.45, 2.75) is 32.7 Å². The van der Waals surface area contributed by atoms with Gasteiger partial charge in [0, 0.05) is 19.0 Å². The summed E-state index contributed by atoms with van der Waals surface area (Å²) in [5, 5.41) is 11.9. The summed E-state index contributed by atoms with van der Waals surface area (Å²) in [6.07, 6.45) is 1.06. The Balaban J connectivity index is 2.28. The molecule has 18 heavy (non-hydrogen) atoms. The molecule has 4 N–H and O–H groups in total. The molecule has 2 amide bonds. The van der Waals surface area contributed by atoms with E-state index in [1.807, 2.05) is 13.8 Å². The summed E-state index contributed by atoms with van der Waals surface area (Å²) in [5.41, 5.74) is 5.28. The number of hydrogen-bond acceptors (Lipinski definition) is 6. The zero-order chi connectivity index (χ0) is 13.5. The summed E-state index contributed by atoms with van der Waals surface area (Å²) < 4.78 is 4.30. The van der Waals surface area contributed by atoms with Crippen molar-refractivity contribution in [1.29, 1.82) is 0 Å². The normalized spacial score (nSPS) is 11.9. The van der Waals surface area contributed by atoms with Crippen LogP contribution in [-0.4, -0.2) is 34.7 Å². The first-order valence-electron chi connectivity index (χ1n) is 5.70. The Morgan fingerprint density at radius 2 is 2.17 bits per heavy atom. The molecule has 0 aromatic carbocycles. The van der Waals surface area contributed by atoms with Crippen LogP contribution in [0.15, 0.2) is 4.63 Å². The largest absolute Gasteiger partial charge is 0.379 e. The number of hydrogen-bond donors (Lipinski definition) is 3. The standard InChI is InChI=1S/C10H17N5O3/c1-3-6(2)13-7(16)4-5-12-10(17)8-9(11)15-18-14-8/h6H,3-5H2,1-2H3,(H2,11,15)(H,12,17)(H,13,16). The molecule has 0 fully saturated rings. The van der Waals surface area contributed by atoms with Crippen LogP contribution < -0.4 is 16.4 Å². The first-order valence-corrected chi connectivity index (χ1v) is 5.70. The van der Waals surface area contributed by atoms with Crippen LogP contribution in [0.5, 0.6) is 0 Å². The van der Waals surface area contributed by atoms with Gasteiger partial charge >= 0.3 is 0 Å². The highest BCUT2D eigenvalue weighted by atomic mass is 16.6. The molecule has 1 aromatic heterocycles. The number of nitrogens with zero attached hydrogens (tertiary/aromatic N) is 2. The van der Waals surface area contributed by atoms with Crippen LogP contribution in [0.1, 0.15) is 37.2 Å². The van der Waals surface area contributed by atoms with Crippen molar-refractivity contribution in [1.82, 2.24) is 20.9 Å². The Morgan fingerprint density at radius 1 is 1.44 bits per heavy atom. The summed E-state index contributed by atoms with van der Waals surface area (Å²) in [6.45, 7) is 4.10. The van der Waals surface area contributed by atoms with E-state index >= 15 is 0 Å². The van der Waals surface area contributed by atoms with E-state index < -0.39 is 5.91 Å². The van der Waals surface area contributed by atoms with Gasteiger partial charge in [-0.3, -0.25) is 9.59 Å². The highest BCUT2D eigenvalue weighted by molar-refractivity contribution is 5.96. The fourth-order valence-electron chi connectivity index (χ4n) is 1.18. The van der Waals surface area contributed by atoms with Gasteiger partial charge in [-0.1, -0.05) is 6.92 Å². The van der Waals surface area contributed by atoms with Crippen LogP contribution in [0.25, 0.3) is 0 Å². The van der Waals surface area contributed by atoms with Gasteiger partial charge in [0.25, 0.3) is 5.91 Å². The second-order valence-corrected chi connectivity index (χ2v) is 3.88. The number of carbonyl (C=O) groups excluding carboxylic acids is 2. The van der Waals surface area contributed by atoms with E-state index in [-0.39, 0.29) is 36.4 Å². The molecule has 0 bridgehead atoms. The maximum absolute atomic E-state index is 11.5. The average Bonchev–Trinajstić information content (AvgIpc) is 2.75. The minimum Gasteiger partial charge on any atom is -0.379 e. The molecule has 8 nitrogen and oxygen atoms in total. The molecule has 8 heteroatoms. The van der Waals surface area contributed by atoms with Crippen molar-refractivity contribution in [3.63, 3.8) is 0 Å². The number of amides is 2. The summed E-state index contributed by atoms with van der Waals surface area (Å²) >= 11 is 0. The Labute approximate surface area is 104 Å². The first kappa shape index (κ1) is 13.9. The number of rotatable bonds is 6. The van der Waals surface area contributed by atoms with Crippen molar-refractivity contribution in [2.75, 3.05) is 12.3 Å². The zero-order valence-electron chi connectivity index (χ0n) is 10.4. The Kier molecular flexibility index (Phi) is 5.09. The molecule has 0 radical (unpaired) electrons. The lowest BCUT2D eigenvalue weighted by molar-refractivity contribution is -0.121. The van der Waals surface area contributed by atoms with Gasteiger partial charge in [-0.25, -0.2) is 4.63 Å². The van der Waals surface area contributed by atoms with Gasteiger partial charge < -0.3 is 16.4 Å². The summed E-state index contributed by atoms with van der Waals surface area (Å²) in [7, 11) is 0. The maximum Gasteiger partial charge on any atom is 0.277 e. The van der Waals surface area contributed by atoms with E-state index in [1.165, 1.54) is 0 Å². The monoisotopic (exact) mass is 255 g/mol. The van der Waals surface area contributed by atoms with Crippen molar-refractivity contribution < 1.29 is 14.2 Å². The Morgan fingerprint density at radius 3 is 2.72 bits per heavy atom. The smallest absolute Gasteiger partial charge is 0.277 e. The van der Waals surface area contributed by atoms with Crippen molar-refractivity contribution in [3.8, 4) is 0 Å². The molecule has 1 atom stereocenters. The molecule has 0 aliphatic carbocycles. The topological polar surface area (TPSA) is 123 Å². The maximum atomic E-state index is 11.5. The molecular formula is C10H17N5O3. The number of nitrogen functional groups attached to an aromatic ring is 1. The quantitative estimate of drug-likeness (QED) is 0.640. The summed E-state index contributed by atoms with van der Waals surface area (Å²) in [5.74, 6) is -0.697. The fourth-order valence-corrected chi connectivity index (χ4v) is 1.18. The summed E-state index contributed by atoms with van der Waals surface area (Å²) in [6, 6.07) is 0.128. The SMILES string of the molecule is CCC(C)NC(=O)CCNC(=O)c1nonc1N. The minimum atomic E-state index is -0.509. The van der Waals surface area contributed by atoms with E-state index in [4.69, 9.17) is 5.73 Å². The number of aromatic nitrogens is 2. The third-order valence-electron chi connectivity index (χ3n) is 2.39. The van der Waals surface area contributed by atoms with Crippen molar-refractivity contribution >= 4 is 17.6 Å². The number of nitrogens with one attached hydrogen (secondary N) is 2. The molecule has 100 valence electrons. The highest BCUT2D eigenvalue weighted by Gasteiger charge is 2.15. The second kappa shape index (κ2) is 6.58. The predicted octanol–water partition coefficient (Wildman–Crippen LogP) is -0.314. The van der Waals surface area contributed by atoms with E-state index in [1.54, 1.807) is 0 Å². The Hall–Kier alpha value is -2.12. The molecule has 0 aliphatic heterocycles. The van der Waals surface area contributed by atoms with E-state index in [2.05, 4.69) is 25.6 Å². The fraction of sp³-hybridized carbons (Fsp3) is 0.600. The van der Waals surface area contributed by atoms with Crippen LogP contribution in [0.4, 0.5) is 5.82 Å². The third kappa shape index (κ3) is 4.04. The lowest BCUT2D eigenvalue weighted by Crippen LogP contribution is -2.35. The van der Waals surface area contributed by atoms with Crippen LogP contribution in [0.2, 0.25) is 0 Å². The summed E-state index contributed by atoms with van der Waals surface area (Å²) in [4.78, 5) is 22.9. The number of carbonyl (C=O) groups is 2. The van der Waals surface area contributed by atoms with Crippen LogP contribution in [0, 0.1) is 0 Å². The van der Waals surface area contributed by atoms with Gasteiger partial charge in [-0.05, 0) is 23.7 Å². The predicted molar refractivity (Wildman–Crippen MR) is 63.6 cm³/mol. The van der Waals surface area contributed by atoms with Gasteiger partial charge in [-0.2, -0.15) is 0 Å². The molecule has 0 saturated heterocycles. The molecule has 1 heterocycles. The van der Waals surface area contributed by atoms with Gasteiger partial charge in [0.1, 0.15) is 0 Å². The number of nitrogens with two attached hydrogens (primary N) is 1. The van der Waals surface area contributed by atoms with Crippen LogP contribution in [-0.2, 0) is 4.79 Å². The van der Waals surface area contributed by atoms with E-state index in [0.29, 0.717) is 0 Å². The Bertz CT molecular complexity index is 417.